The molecule has 2 unspecified atom stereocenters. The Balaban J connectivity index is 1.56. The molecule has 7 atom stereocenters. The van der Waals surface area contributed by atoms with E-state index in [1.165, 1.54) is 0 Å². The number of aliphatic hydroxyl groups excluding tert-OH is 1. The predicted molar refractivity (Wildman–Crippen MR) is 144 cm³/mol. The van der Waals surface area contributed by atoms with Crippen molar-refractivity contribution in [3.63, 3.8) is 0 Å². The maximum absolute atomic E-state index is 13.7. The number of hydrogen-bond acceptors (Lipinski definition) is 6. The zero-order chi connectivity index (χ0) is 27.9. The number of nitrogens with zero attached hydrogens (tertiary/aromatic N) is 1. The number of carbonyl (C=O) groups is 4. The molecule has 3 fully saturated rings. The van der Waals surface area contributed by atoms with Gasteiger partial charge in [-0.15, -0.1) is 0 Å². The summed E-state index contributed by atoms with van der Waals surface area (Å²) in [6.45, 7) is 4.87. The van der Waals surface area contributed by atoms with E-state index in [2.05, 4.69) is 16.0 Å². The number of aliphatic hydroxyl groups is 1. The third kappa shape index (κ3) is 7.57. The molecule has 10 nitrogen and oxygen atoms in total. The molecule has 0 aliphatic carbocycles. The lowest BCUT2D eigenvalue weighted by Gasteiger charge is -2.34. The Labute approximate surface area is 230 Å². The topological polar surface area (TPSA) is 140 Å². The van der Waals surface area contributed by atoms with E-state index in [0.29, 0.717) is 58.1 Å². The number of hydrogen-bond donors (Lipinski definition) is 4. The molecule has 0 saturated carbocycles. The first kappa shape index (κ1) is 29.0. The van der Waals surface area contributed by atoms with Gasteiger partial charge in [-0.25, -0.2) is 0 Å². The Bertz CT molecular complexity index is 1020. The molecule has 0 aromatic heterocycles. The molecular weight excluding hydrogens is 500 g/mol. The maximum atomic E-state index is 13.7. The Hall–Kier alpha value is -2.98. The summed E-state index contributed by atoms with van der Waals surface area (Å²) in [4.78, 5) is 55.8. The molecule has 3 heterocycles. The van der Waals surface area contributed by atoms with Gasteiger partial charge in [-0.3, -0.25) is 19.2 Å². The number of ether oxygens (including phenoxy) is 1. The highest BCUT2D eigenvalue weighted by atomic mass is 16.6. The van der Waals surface area contributed by atoms with Gasteiger partial charge in [0, 0.05) is 13.0 Å². The Morgan fingerprint density at radius 1 is 1.00 bits per heavy atom. The van der Waals surface area contributed by atoms with Crippen LogP contribution in [0.1, 0.15) is 64.4 Å². The van der Waals surface area contributed by atoms with Crippen LogP contribution in [0.3, 0.4) is 0 Å². The zero-order valence-corrected chi connectivity index (χ0v) is 22.9. The van der Waals surface area contributed by atoms with Gasteiger partial charge in [-0.1, -0.05) is 63.4 Å². The summed E-state index contributed by atoms with van der Waals surface area (Å²) in [6.07, 6.45) is 3.65. The van der Waals surface area contributed by atoms with Gasteiger partial charge in [0.1, 0.15) is 30.3 Å². The number of rotatable bonds is 10. The van der Waals surface area contributed by atoms with Crippen LogP contribution in [0.25, 0.3) is 0 Å². The largest absolute Gasteiger partial charge is 0.390 e. The average molecular weight is 543 g/mol. The Kier molecular flexibility index (Phi) is 9.96. The van der Waals surface area contributed by atoms with Crippen LogP contribution in [0, 0.1) is 5.92 Å². The van der Waals surface area contributed by atoms with Gasteiger partial charge in [0.15, 0.2) is 0 Å². The lowest BCUT2D eigenvalue weighted by atomic mass is 9.95. The van der Waals surface area contributed by atoms with Gasteiger partial charge in [0.25, 0.3) is 0 Å². The summed E-state index contributed by atoms with van der Waals surface area (Å²) in [5, 5.41) is 18.8. The van der Waals surface area contributed by atoms with Crippen molar-refractivity contribution in [2.75, 3.05) is 13.2 Å². The van der Waals surface area contributed by atoms with Gasteiger partial charge in [-0.2, -0.15) is 0 Å². The molecule has 3 saturated heterocycles. The highest BCUT2D eigenvalue weighted by Crippen LogP contribution is 2.23. The number of epoxide rings is 1. The molecule has 39 heavy (non-hydrogen) atoms. The van der Waals surface area contributed by atoms with E-state index in [1.807, 2.05) is 44.2 Å². The molecule has 3 aliphatic heterocycles. The minimum Gasteiger partial charge on any atom is -0.390 e. The van der Waals surface area contributed by atoms with E-state index >= 15 is 0 Å². The van der Waals surface area contributed by atoms with Crippen LogP contribution in [-0.2, 0) is 30.3 Å². The average Bonchev–Trinajstić information content (AvgIpc) is 3.68. The van der Waals surface area contributed by atoms with E-state index in [1.54, 1.807) is 4.90 Å². The Morgan fingerprint density at radius 3 is 2.38 bits per heavy atom. The van der Waals surface area contributed by atoms with Crippen molar-refractivity contribution in [3.05, 3.63) is 35.9 Å². The molecule has 4 amide bonds. The van der Waals surface area contributed by atoms with Crippen molar-refractivity contribution in [2.24, 2.45) is 5.92 Å². The molecular formula is C29H42N4O6. The van der Waals surface area contributed by atoms with Crippen molar-refractivity contribution < 1.29 is 29.0 Å². The molecule has 0 spiro atoms. The summed E-state index contributed by atoms with van der Waals surface area (Å²) in [6, 6.07) is 6.15. The molecule has 3 aliphatic rings. The smallest absolute Gasteiger partial charge is 0.246 e. The number of amides is 4. The number of benzene rings is 1. The molecule has 0 radical (unpaired) electrons. The minimum absolute atomic E-state index is 0.100. The number of carbonyl (C=O) groups excluding carboxylic acids is 4. The van der Waals surface area contributed by atoms with Crippen LogP contribution in [0.5, 0.6) is 0 Å². The minimum atomic E-state index is -0.915. The Morgan fingerprint density at radius 2 is 1.69 bits per heavy atom. The molecule has 214 valence electrons. The summed E-state index contributed by atoms with van der Waals surface area (Å²) in [7, 11) is 0. The summed E-state index contributed by atoms with van der Waals surface area (Å²) >= 11 is 0. The van der Waals surface area contributed by atoms with Crippen LogP contribution < -0.4 is 16.0 Å². The van der Waals surface area contributed by atoms with Crippen LogP contribution in [-0.4, -0.2) is 83.2 Å². The highest BCUT2D eigenvalue weighted by Gasteiger charge is 2.41. The molecule has 10 heteroatoms. The predicted octanol–water partition coefficient (Wildman–Crippen LogP) is 1.05. The van der Waals surface area contributed by atoms with Gasteiger partial charge in [0.05, 0.1) is 12.7 Å². The van der Waals surface area contributed by atoms with Gasteiger partial charge >= 0.3 is 0 Å². The van der Waals surface area contributed by atoms with E-state index in [0.717, 1.165) is 5.56 Å². The second-order valence-corrected chi connectivity index (χ2v) is 11.1. The van der Waals surface area contributed by atoms with E-state index in [9.17, 15) is 24.3 Å². The highest BCUT2D eigenvalue weighted by molar-refractivity contribution is 5.98. The monoisotopic (exact) mass is 542 g/mol. The molecule has 1 aromatic rings. The third-order valence-corrected chi connectivity index (χ3v) is 8.19. The first-order chi connectivity index (χ1) is 18.8. The third-order valence-electron chi connectivity index (χ3n) is 8.19. The fourth-order valence-electron chi connectivity index (χ4n) is 5.45. The van der Waals surface area contributed by atoms with Crippen molar-refractivity contribution in [3.8, 4) is 0 Å². The van der Waals surface area contributed by atoms with Crippen LogP contribution in [0.15, 0.2) is 30.3 Å². The summed E-state index contributed by atoms with van der Waals surface area (Å²) in [5.74, 6) is -1.59. The SMILES string of the molecule is CC[C@H](C)[C@@H]1NC(=O)[C@@H](Cc2ccccc2)NC(=O)[C@H](CCCCC(O)C2CO2)NC(=O)[C@@H]2CCCN2C1=O. The molecule has 1 aromatic carbocycles. The fourth-order valence-corrected chi connectivity index (χ4v) is 5.45. The summed E-state index contributed by atoms with van der Waals surface area (Å²) in [5.41, 5.74) is 0.868. The van der Waals surface area contributed by atoms with E-state index in [4.69, 9.17) is 4.74 Å². The second-order valence-electron chi connectivity index (χ2n) is 11.1. The zero-order valence-electron chi connectivity index (χ0n) is 22.9. The van der Waals surface area contributed by atoms with Gasteiger partial charge in [-0.05, 0) is 37.2 Å². The molecule has 4 rings (SSSR count). The van der Waals surface area contributed by atoms with E-state index in [-0.39, 0.29) is 30.3 Å². The lowest BCUT2D eigenvalue weighted by molar-refractivity contribution is -0.144. The quantitative estimate of drug-likeness (QED) is 0.257. The number of nitrogens with one attached hydrogen (secondary N) is 3. The van der Waals surface area contributed by atoms with Crippen molar-refractivity contribution in [1.82, 2.24) is 20.9 Å². The van der Waals surface area contributed by atoms with Crippen molar-refractivity contribution >= 4 is 23.6 Å². The summed E-state index contributed by atoms with van der Waals surface area (Å²) < 4.78 is 5.13. The second kappa shape index (κ2) is 13.4. The molecule has 0 bridgehead atoms. The van der Waals surface area contributed by atoms with Crippen LogP contribution >= 0.6 is 0 Å². The lowest BCUT2D eigenvalue weighted by Crippen LogP contribution is -2.62. The van der Waals surface area contributed by atoms with Gasteiger partial charge < -0.3 is 30.7 Å². The molecule has 4 N–H and O–H groups in total. The van der Waals surface area contributed by atoms with Crippen molar-refractivity contribution in [2.45, 2.75) is 102 Å². The number of fused-ring (bicyclic) bond motifs is 1. The maximum Gasteiger partial charge on any atom is 0.246 e. The normalized spacial score (nSPS) is 29.3. The first-order valence-electron chi connectivity index (χ1n) is 14.3. The van der Waals surface area contributed by atoms with Crippen molar-refractivity contribution in [1.29, 1.82) is 0 Å². The first-order valence-corrected chi connectivity index (χ1v) is 14.3. The van der Waals surface area contributed by atoms with Crippen LogP contribution in [0.4, 0.5) is 0 Å². The van der Waals surface area contributed by atoms with E-state index < -0.39 is 42.1 Å². The number of unbranched alkanes of at least 4 members (excludes halogenated alkanes) is 1. The standard InChI is InChI=1S/C29H42N4O6/c1-3-18(2)25-29(38)33-15-9-13-22(33)28(37)30-20(12-7-8-14-23(34)24-17-39-24)26(35)31-21(27(36)32-25)16-19-10-5-4-6-11-19/h4-6,10-11,18,20-25,34H,3,7-9,12-17H2,1-2H3,(H,30,37)(H,31,35)(H,32,36)/t18-,20-,21+,22-,23?,24?,25-/m0/s1. The van der Waals surface area contributed by atoms with Gasteiger partial charge in [0.2, 0.25) is 23.6 Å². The fraction of sp³-hybridized carbons (Fsp3) is 0.655. The van der Waals surface area contributed by atoms with Crippen LogP contribution in [0.2, 0.25) is 0 Å².